The van der Waals surface area contributed by atoms with Crippen molar-refractivity contribution < 1.29 is 9.53 Å². The average molecular weight is 420 g/mol. The lowest BCUT2D eigenvalue weighted by molar-refractivity contribution is -0.115. The van der Waals surface area contributed by atoms with Crippen molar-refractivity contribution in [2.75, 3.05) is 7.11 Å². The van der Waals surface area contributed by atoms with Gasteiger partial charge >= 0.3 is 0 Å². The quantitative estimate of drug-likeness (QED) is 0.375. The van der Waals surface area contributed by atoms with Crippen LogP contribution in [-0.2, 0) is 11.3 Å². The number of ketones is 1. The molecule has 1 aliphatic rings. The van der Waals surface area contributed by atoms with Gasteiger partial charge in [0.15, 0.2) is 5.78 Å². The van der Waals surface area contributed by atoms with Gasteiger partial charge in [-0.25, -0.2) is 0 Å². The third kappa shape index (κ3) is 3.90. The highest BCUT2D eigenvalue weighted by atomic mass is 16.5. The van der Waals surface area contributed by atoms with E-state index in [0.717, 1.165) is 39.8 Å². The number of hydrogen-bond donors (Lipinski definition) is 0. The van der Waals surface area contributed by atoms with Gasteiger partial charge in [0.2, 0.25) is 0 Å². The van der Waals surface area contributed by atoms with Crippen molar-refractivity contribution in [2.24, 2.45) is 0 Å². The Bertz CT molecular complexity index is 1270. The molecule has 0 radical (unpaired) electrons. The van der Waals surface area contributed by atoms with Gasteiger partial charge < -0.3 is 9.64 Å². The van der Waals surface area contributed by atoms with Crippen molar-refractivity contribution in [3.05, 3.63) is 120 Å². The van der Waals surface area contributed by atoms with E-state index in [1.54, 1.807) is 7.11 Å². The molecule has 1 unspecified atom stereocenters. The Morgan fingerprint density at radius 3 is 2.34 bits per heavy atom. The SMILES string of the molecule is COc1ccc(C2CC(=O)C(c3cccc4ccccc34)=CN2Cc2ccccc2)cc1. The lowest BCUT2D eigenvalue weighted by Gasteiger charge is -2.35. The molecule has 0 saturated heterocycles. The van der Waals surface area contributed by atoms with E-state index >= 15 is 0 Å². The Morgan fingerprint density at radius 1 is 0.844 bits per heavy atom. The van der Waals surface area contributed by atoms with E-state index in [-0.39, 0.29) is 11.8 Å². The Balaban J connectivity index is 1.59. The van der Waals surface area contributed by atoms with Gasteiger partial charge in [0.05, 0.1) is 13.2 Å². The summed E-state index contributed by atoms with van der Waals surface area (Å²) in [7, 11) is 1.67. The lowest BCUT2D eigenvalue weighted by atomic mass is 9.88. The highest BCUT2D eigenvalue weighted by molar-refractivity contribution is 6.24. The summed E-state index contributed by atoms with van der Waals surface area (Å²) in [6.45, 7) is 0.735. The van der Waals surface area contributed by atoms with E-state index in [1.165, 1.54) is 5.56 Å². The van der Waals surface area contributed by atoms with Crippen LogP contribution < -0.4 is 4.74 Å². The highest BCUT2D eigenvalue weighted by Gasteiger charge is 2.30. The summed E-state index contributed by atoms with van der Waals surface area (Å²) >= 11 is 0. The van der Waals surface area contributed by atoms with Crippen molar-refractivity contribution in [1.29, 1.82) is 0 Å². The molecule has 5 rings (SSSR count). The first-order valence-electron chi connectivity index (χ1n) is 10.9. The van der Waals surface area contributed by atoms with Gasteiger partial charge in [-0.3, -0.25) is 4.79 Å². The molecule has 0 spiro atoms. The molecule has 4 aromatic carbocycles. The van der Waals surface area contributed by atoms with Crippen LogP contribution in [0.3, 0.4) is 0 Å². The molecule has 0 amide bonds. The van der Waals surface area contributed by atoms with Crippen LogP contribution in [0.1, 0.15) is 29.2 Å². The number of ether oxygens (including phenoxy) is 1. The fraction of sp³-hybridized carbons (Fsp3) is 0.138. The molecule has 3 nitrogen and oxygen atoms in total. The van der Waals surface area contributed by atoms with Crippen molar-refractivity contribution in [3.63, 3.8) is 0 Å². The standard InChI is InChI=1S/C29H25NO2/c1-32-24-16-14-23(15-17-24)28-18-29(31)27(20-30(28)19-21-8-3-2-4-9-21)26-13-7-11-22-10-5-6-12-25(22)26/h2-17,20,28H,18-19H2,1H3. The Kier molecular flexibility index (Phi) is 5.47. The second-order valence-corrected chi connectivity index (χ2v) is 8.14. The monoisotopic (exact) mass is 419 g/mol. The summed E-state index contributed by atoms with van der Waals surface area (Å²) in [6.07, 6.45) is 2.50. The first kappa shape index (κ1) is 20.1. The van der Waals surface area contributed by atoms with Crippen LogP contribution in [0.15, 0.2) is 103 Å². The first-order valence-corrected chi connectivity index (χ1v) is 10.9. The number of nitrogens with zero attached hydrogens (tertiary/aromatic N) is 1. The number of methoxy groups -OCH3 is 1. The largest absolute Gasteiger partial charge is 0.497 e. The minimum Gasteiger partial charge on any atom is -0.497 e. The van der Waals surface area contributed by atoms with Crippen LogP contribution in [0.25, 0.3) is 16.3 Å². The lowest BCUT2D eigenvalue weighted by Crippen LogP contribution is -2.31. The summed E-state index contributed by atoms with van der Waals surface area (Å²) in [5.74, 6) is 0.990. The predicted octanol–water partition coefficient (Wildman–Crippen LogP) is 6.41. The molecule has 4 aromatic rings. The molecule has 0 N–H and O–H groups in total. The minimum atomic E-state index is -0.0210. The van der Waals surface area contributed by atoms with Crippen molar-refractivity contribution >= 4 is 22.1 Å². The molecule has 3 heteroatoms. The Hall–Kier alpha value is -3.85. The third-order valence-corrected chi connectivity index (χ3v) is 6.16. The maximum Gasteiger partial charge on any atom is 0.167 e. The van der Waals surface area contributed by atoms with Crippen LogP contribution in [-0.4, -0.2) is 17.8 Å². The molecule has 0 aliphatic carbocycles. The number of hydrogen-bond acceptors (Lipinski definition) is 3. The van der Waals surface area contributed by atoms with Gasteiger partial charge in [0.25, 0.3) is 0 Å². The fourth-order valence-electron chi connectivity index (χ4n) is 4.50. The zero-order valence-electron chi connectivity index (χ0n) is 18.1. The van der Waals surface area contributed by atoms with Crippen LogP contribution in [0.2, 0.25) is 0 Å². The van der Waals surface area contributed by atoms with Crippen molar-refractivity contribution in [1.82, 2.24) is 4.90 Å². The van der Waals surface area contributed by atoms with Gasteiger partial charge in [-0.05, 0) is 39.6 Å². The molecule has 0 fully saturated rings. The summed E-state index contributed by atoms with van der Waals surface area (Å²) in [6, 6.07) is 32.9. The van der Waals surface area contributed by atoms with Crippen LogP contribution >= 0.6 is 0 Å². The Labute approximate surface area is 188 Å². The number of Topliss-reactive ketones (excluding diaryl/α,β-unsaturated/α-hetero) is 1. The first-order chi connectivity index (χ1) is 15.7. The molecule has 1 atom stereocenters. The molecule has 32 heavy (non-hydrogen) atoms. The van der Waals surface area contributed by atoms with Crippen LogP contribution in [0, 0.1) is 0 Å². The predicted molar refractivity (Wildman–Crippen MR) is 129 cm³/mol. The smallest absolute Gasteiger partial charge is 0.167 e. The number of fused-ring (bicyclic) bond motifs is 1. The highest BCUT2D eigenvalue weighted by Crippen LogP contribution is 2.37. The fourth-order valence-corrected chi connectivity index (χ4v) is 4.50. The summed E-state index contributed by atoms with van der Waals surface area (Å²) < 4.78 is 5.32. The summed E-state index contributed by atoms with van der Waals surface area (Å²) in [5.41, 5.74) is 4.11. The number of carbonyl (C=O) groups is 1. The van der Waals surface area contributed by atoms with Gasteiger partial charge in [0.1, 0.15) is 5.75 Å². The summed E-state index contributed by atoms with van der Waals surface area (Å²) in [5, 5.41) is 2.25. The van der Waals surface area contributed by atoms with Gasteiger partial charge in [0, 0.05) is 24.7 Å². The molecule has 0 aromatic heterocycles. The normalized spacial score (nSPS) is 16.2. The Morgan fingerprint density at radius 2 is 1.56 bits per heavy atom. The number of rotatable bonds is 5. The zero-order valence-corrected chi connectivity index (χ0v) is 18.1. The molecule has 158 valence electrons. The molecule has 0 bridgehead atoms. The van der Waals surface area contributed by atoms with E-state index in [4.69, 9.17) is 4.74 Å². The maximum absolute atomic E-state index is 13.4. The van der Waals surface area contributed by atoms with Crippen LogP contribution in [0.4, 0.5) is 0 Å². The van der Waals surface area contributed by atoms with Gasteiger partial charge in [-0.2, -0.15) is 0 Å². The third-order valence-electron chi connectivity index (χ3n) is 6.16. The van der Waals surface area contributed by atoms with Crippen molar-refractivity contribution in [2.45, 2.75) is 19.0 Å². The van der Waals surface area contributed by atoms with Crippen LogP contribution in [0.5, 0.6) is 5.75 Å². The topological polar surface area (TPSA) is 29.5 Å². The van der Waals surface area contributed by atoms with Gasteiger partial charge in [-0.1, -0.05) is 84.9 Å². The number of carbonyl (C=O) groups excluding carboxylic acids is 1. The van der Waals surface area contributed by atoms with E-state index in [1.807, 2.05) is 36.4 Å². The summed E-state index contributed by atoms with van der Waals surface area (Å²) in [4.78, 5) is 15.7. The van der Waals surface area contributed by atoms with E-state index in [2.05, 4.69) is 71.8 Å². The van der Waals surface area contributed by atoms with E-state index in [0.29, 0.717) is 6.42 Å². The van der Waals surface area contributed by atoms with E-state index < -0.39 is 0 Å². The minimum absolute atomic E-state index is 0.0210. The number of benzene rings is 4. The average Bonchev–Trinajstić information content (AvgIpc) is 2.85. The zero-order chi connectivity index (χ0) is 21.9. The van der Waals surface area contributed by atoms with E-state index in [9.17, 15) is 4.79 Å². The number of allylic oxidation sites excluding steroid dienone is 1. The molecular formula is C29H25NO2. The maximum atomic E-state index is 13.4. The second kappa shape index (κ2) is 8.72. The van der Waals surface area contributed by atoms with Gasteiger partial charge in [-0.15, -0.1) is 0 Å². The van der Waals surface area contributed by atoms with Crippen molar-refractivity contribution in [3.8, 4) is 5.75 Å². The molecule has 0 saturated carbocycles. The molecule has 1 aliphatic heterocycles. The molecule has 1 heterocycles. The molecular weight excluding hydrogens is 394 g/mol. The second-order valence-electron chi connectivity index (χ2n) is 8.14.